The van der Waals surface area contributed by atoms with Crippen molar-refractivity contribution in [1.82, 2.24) is 14.5 Å². The smallest absolute Gasteiger partial charge is 0.218 e. The van der Waals surface area contributed by atoms with Crippen molar-refractivity contribution in [2.24, 2.45) is 0 Å². The lowest BCUT2D eigenvalue weighted by Gasteiger charge is -2.34. The van der Waals surface area contributed by atoms with Gasteiger partial charge < -0.3 is 9.80 Å². The Morgan fingerprint density at radius 1 is 1.04 bits per heavy atom. The van der Waals surface area contributed by atoms with Gasteiger partial charge in [-0.05, 0) is 24.6 Å². The highest BCUT2D eigenvalue weighted by Crippen LogP contribution is 2.18. The summed E-state index contributed by atoms with van der Waals surface area (Å²) in [5, 5.41) is 8.44. The van der Waals surface area contributed by atoms with Crippen LogP contribution in [0.1, 0.15) is 11.1 Å². The molecule has 0 aliphatic carbocycles. The molecule has 0 unspecified atom stereocenters. The highest BCUT2D eigenvalue weighted by atomic mass is 32.2. The van der Waals surface area contributed by atoms with E-state index in [4.69, 9.17) is 0 Å². The van der Waals surface area contributed by atoms with Crippen LogP contribution in [0.2, 0.25) is 0 Å². The summed E-state index contributed by atoms with van der Waals surface area (Å²) in [6.07, 6.45) is 0. The number of rotatable bonds is 5. The van der Waals surface area contributed by atoms with Gasteiger partial charge in [0.05, 0.1) is 5.75 Å². The van der Waals surface area contributed by atoms with Crippen LogP contribution in [0.4, 0.5) is 11.6 Å². The molecule has 140 valence electrons. The van der Waals surface area contributed by atoms with Gasteiger partial charge in [-0.1, -0.05) is 29.8 Å². The van der Waals surface area contributed by atoms with E-state index < -0.39 is 10.0 Å². The average Bonchev–Trinajstić information content (AvgIpc) is 2.61. The molecule has 1 aromatic carbocycles. The Kier molecular flexibility index (Phi) is 5.43. The van der Waals surface area contributed by atoms with Gasteiger partial charge in [-0.2, -0.15) is 4.31 Å². The molecule has 1 aliphatic heterocycles. The molecule has 0 atom stereocenters. The lowest BCUT2D eigenvalue weighted by molar-refractivity contribution is 0.383. The molecule has 8 heteroatoms. The Morgan fingerprint density at radius 2 is 1.77 bits per heavy atom. The van der Waals surface area contributed by atoms with E-state index in [1.807, 2.05) is 62.3 Å². The van der Waals surface area contributed by atoms with E-state index in [0.717, 1.165) is 22.8 Å². The first-order chi connectivity index (χ1) is 12.3. The van der Waals surface area contributed by atoms with Crippen LogP contribution in [0.15, 0.2) is 36.4 Å². The normalized spacial score (nSPS) is 15.9. The fourth-order valence-electron chi connectivity index (χ4n) is 3.02. The Morgan fingerprint density at radius 3 is 2.35 bits per heavy atom. The first kappa shape index (κ1) is 18.6. The van der Waals surface area contributed by atoms with Crippen molar-refractivity contribution in [3.63, 3.8) is 0 Å². The molecule has 3 rings (SSSR count). The molecule has 0 bridgehead atoms. The van der Waals surface area contributed by atoms with E-state index in [2.05, 4.69) is 15.1 Å². The van der Waals surface area contributed by atoms with Gasteiger partial charge in [0, 0.05) is 40.3 Å². The molecule has 7 nitrogen and oxygen atoms in total. The van der Waals surface area contributed by atoms with Crippen molar-refractivity contribution in [2.45, 2.75) is 12.7 Å². The van der Waals surface area contributed by atoms with Gasteiger partial charge in [0.25, 0.3) is 0 Å². The maximum atomic E-state index is 12.7. The molecule has 1 aliphatic rings. The fourth-order valence-corrected chi connectivity index (χ4v) is 4.53. The van der Waals surface area contributed by atoms with Crippen molar-refractivity contribution in [1.29, 1.82) is 0 Å². The summed E-state index contributed by atoms with van der Waals surface area (Å²) < 4.78 is 27.0. The summed E-state index contributed by atoms with van der Waals surface area (Å²) in [4.78, 5) is 3.97. The Bertz CT molecular complexity index is 844. The van der Waals surface area contributed by atoms with Gasteiger partial charge in [0.2, 0.25) is 10.0 Å². The van der Waals surface area contributed by atoms with Crippen LogP contribution in [0.3, 0.4) is 0 Å². The zero-order valence-corrected chi connectivity index (χ0v) is 16.3. The Balaban J connectivity index is 1.62. The average molecular weight is 375 g/mol. The number of hydrogen-bond donors (Lipinski definition) is 0. The molecular formula is C18H25N5O2S. The van der Waals surface area contributed by atoms with Crippen molar-refractivity contribution in [2.75, 3.05) is 50.1 Å². The predicted molar refractivity (Wildman–Crippen MR) is 104 cm³/mol. The molecule has 26 heavy (non-hydrogen) atoms. The molecule has 0 radical (unpaired) electrons. The van der Waals surface area contributed by atoms with E-state index in [1.165, 1.54) is 0 Å². The number of hydrogen-bond acceptors (Lipinski definition) is 6. The standard InChI is InChI=1S/C18H25N5O2S/c1-15-5-4-6-16(13-15)14-26(24,25)23-11-9-22(10-12-23)18-8-7-17(19-20-18)21(2)3/h4-8,13H,9-12,14H2,1-3H3. The van der Waals surface area contributed by atoms with E-state index in [9.17, 15) is 8.42 Å². The van der Waals surface area contributed by atoms with Gasteiger partial charge in [-0.3, -0.25) is 0 Å². The largest absolute Gasteiger partial charge is 0.361 e. The summed E-state index contributed by atoms with van der Waals surface area (Å²) in [5.41, 5.74) is 1.90. The van der Waals surface area contributed by atoms with Crippen LogP contribution in [0, 0.1) is 6.92 Å². The first-order valence-electron chi connectivity index (χ1n) is 8.64. The third-order valence-corrected chi connectivity index (χ3v) is 6.33. The fraction of sp³-hybridized carbons (Fsp3) is 0.444. The van der Waals surface area contributed by atoms with E-state index in [0.29, 0.717) is 26.2 Å². The van der Waals surface area contributed by atoms with Crippen LogP contribution in [-0.2, 0) is 15.8 Å². The number of sulfonamides is 1. The van der Waals surface area contributed by atoms with Gasteiger partial charge in [0.1, 0.15) is 0 Å². The number of nitrogens with zero attached hydrogens (tertiary/aromatic N) is 5. The molecule has 0 N–H and O–H groups in total. The number of anilines is 2. The molecule has 2 aromatic rings. The highest BCUT2D eigenvalue weighted by Gasteiger charge is 2.27. The molecule has 0 saturated carbocycles. The zero-order chi connectivity index (χ0) is 18.7. The Hall–Kier alpha value is -2.19. The monoisotopic (exact) mass is 375 g/mol. The maximum Gasteiger partial charge on any atom is 0.218 e. The molecule has 1 aromatic heterocycles. The van der Waals surface area contributed by atoms with Crippen molar-refractivity contribution < 1.29 is 8.42 Å². The third-order valence-electron chi connectivity index (χ3n) is 4.48. The lowest BCUT2D eigenvalue weighted by atomic mass is 10.2. The second kappa shape index (κ2) is 7.59. The molecule has 2 heterocycles. The minimum absolute atomic E-state index is 0.0476. The highest BCUT2D eigenvalue weighted by molar-refractivity contribution is 7.88. The SMILES string of the molecule is Cc1cccc(CS(=O)(=O)N2CCN(c3ccc(N(C)C)nn3)CC2)c1. The summed E-state index contributed by atoms with van der Waals surface area (Å²) >= 11 is 0. The van der Waals surface area contributed by atoms with Crippen LogP contribution < -0.4 is 9.80 Å². The van der Waals surface area contributed by atoms with Crippen molar-refractivity contribution >= 4 is 21.7 Å². The number of aromatic nitrogens is 2. The van der Waals surface area contributed by atoms with Gasteiger partial charge in [0.15, 0.2) is 11.6 Å². The summed E-state index contributed by atoms with van der Waals surface area (Å²) in [6.45, 7) is 4.13. The lowest BCUT2D eigenvalue weighted by Crippen LogP contribution is -2.49. The summed E-state index contributed by atoms with van der Waals surface area (Å²) in [7, 11) is 0.524. The Labute approximate surface area is 155 Å². The molecule has 1 fully saturated rings. The third kappa shape index (κ3) is 4.31. The molecule has 0 amide bonds. The van der Waals surface area contributed by atoms with Crippen molar-refractivity contribution in [3.8, 4) is 0 Å². The van der Waals surface area contributed by atoms with E-state index >= 15 is 0 Å². The quantitative estimate of drug-likeness (QED) is 0.789. The molecular weight excluding hydrogens is 350 g/mol. The minimum Gasteiger partial charge on any atom is -0.361 e. The minimum atomic E-state index is -3.31. The first-order valence-corrected chi connectivity index (χ1v) is 10.3. The number of benzene rings is 1. The molecule has 0 spiro atoms. The zero-order valence-electron chi connectivity index (χ0n) is 15.5. The predicted octanol–water partition coefficient (Wildman–Crippen LogP) is 1.50. The van der Waals surface area contributed by atoms with E-state index in [1.54, 1.807) is 4.31 Å². The van der Waals surface area contributed by atoms with Gasteiger partial charge >= 0.3 is 0 Å². The second-order valence-corrected chi connectivity index (χ2v) is 8.74. The van der Waals surface area contributed by atoms with Crippen LogP contribution in [0.25, 0.3) is 0 Å². The van der Waals surface area contributed by atoms with Crippen molar-refractivity contribution in [3.05, 3.63) is 47.5 Å². The number of aryl methyl sites for hydroxylation is 1. The van der Waals surface area contributed by atoms with Crippen LogP contribution >= 0.6 is 0 Å². The summed E-state index contributed by atoms with van der Waals surface area (Å²) in [5.74, 6) is 1.63. The van der Waals surface area contributed by atoms with Gasteiger partial charge in [-0.25, -0.2) is 8.42 Å². The van der Waals surface area contributed by atoms with E-state index in [-0.39, 0.29) is 5.75 Å². The summed E-state index contributed by atoms with van der Waals surface area (Å²) in [6, 6.07) is 11.5. The van der Waals surface area contributed by atoms with Gasteiger partial charge in [-0.15, -0.1) is 10.2 Å². The van der Waals surface area contributed by atoms with Crippen LogP contribution in [-0.4, -0.2) is 63.2 Å². The topological polar surface area (TPSA) is 69.6 Å². The second-order valence-electron chi connectivity index (χ2n) is 6.78. The number of piperazine rings is 1. The molecule has 1 saturated heterocycles. The maximum absolute atomic E-state index is 12.7. The van der Waals surface area contributed by atoms with Crippen LogP contribution in [0.5, 0.6) is 0 Å².